The molecule has 0 radical (unpaired) electrons. The summed E-state index contributed by atoms with van der Waals surface area (Å²) < 4.78 is 101. The number of aryl methyl sites for hydroxylation is 1. The SMILES string of the molecule is Cc1cc(F)ccc1[C@H]1C[C@@H]([N+]2(C)CCOCC2)CCN1C(=O)N(C)[C@H](C)c1cc(C(F)(F)F)cc(C(F)(F)F)c1. The summed E-state index contributed by atoms with van der Waals surface area (Å²) in [5.74, 6) is -0.417. The van der Waals surface area contributed by atoms with E-state index in [9.17, 15) is 35.5 Å². The van der Waals surface area contributed by atoms with Gasteiger partial charge in [-0.05, 0) is 60.9 Å². The number of rotatable bonds is 4. The molecule has 2 heterocycles. The normalized spacial score (nSPS) is 22.4. The molecule has 2 aromatic carbocycles. The van der Waals surface area contributed by atoms with Crippen molar-refractivity contribution >= 4 is 6.03 Å². The number of likely N-dealkylation sites (tertiary alicyclic amines) is 1. The van der Waals surface area contributed by atoms with Crippen molar-refractivity contribution in [2.45, 2.75) is 57.2 Å². The third-order valence-corrected chi connectivity index (χ3v) is 8.76. The van der Waals surface area contributed by atoms with Gasteiger partial charge in [0.05, 0.1) is 49.5 Å². The lowest BCUT2D eigenvalue weighted by molar-refractivity contribution is -0.941. The summed E-state index contributed by atoms with van der Waals surface area (Å²) in [6.45, 7) is 6.33. The molecule has 0 aromatic heterocycles. The zero-order valence-corrected chi connectivity index (χ0v) is 23.4. The Balaban J connectivity index is 1.67. The van der Waals surface area contributed by atoms with E-state index in [0.717, 1.165) is 23.1 Å². The number of ether oxygens (including phenoxy) is 1. The number of amides is 2. The van der Waals surface area contributed by atoms with E-state index in [2.05, 4.69) is 7.05 Å². The Morgan fingerprint density at radius 3 is 2.15 bits per heavy atom. The molecule has 2 aliphatic heterocycles. The largest absolute Gasteiger partial charge is 0.416 e. The lowest BCUT2D eigenvalue weighted by Gasteiger charge is -2.50. The lowest BCUT2D eigenvalue weighted by Crippen LogP contribution is -2.62. The average Bonchev–Trinajstić information content (AvgIpc) is 2.91. The summed E-state index contributed by atoms with van der Waals surface area (Å²) in [6.07, 6.45) is -8.77. The van der Waals surface area contributed by atoms with Crippen LogP contribution in [0.1, 0.15) is 59.7 Å². The molecule has 2 amide bonds. The van der Waals surface area contributed by atoms with Crippen LogP contribution in [0, 0.1) is 12.7 Å². The molecule has 2 saturated heterocycles. The van der Waals surface area contributed by atoms with Gasteiger partial charge < -0.3 is 19.0 Å². The highest BCUT2D eigenvalue weighted by molar-refractivity contribution is 5.75. The summed E-state index contributed by atoms with van der Waals surface area (Å²) in [5, 5.41) is 0. The van der Waals surface area contributed by atoms with Crippen LogP contribution in [0.4, 0.5) is 35.5 Å². The zero-order valence-electron chi connectivity index (χ0n) is 23.4. The minimum absolute atomic E-state index is 0.0747. The summed E-state index contributed by atoms with van der Waals surface area (Å²) in [5.41, 5.74) is -1.74. The average molecular weight is 591 g/mol. The fourth-order valence-electron chi connectivity index (χ4n) is 5.99. The first-order chi connectivity index (χ1) is 19.0. The maximum Gasteiger partial charge on any atom is 0.416 e. The predicted octanol–water partition coefficient (Wildman–Crippen LogP) is 6.97. The van der Waals surface area contributed by atoms with Crippen molar-refractivity contribution in [1.82, 2.24) is 9.80 Å². The van der Waals surface area contributed by atoms with Crippen molar-refractivity contribution in [2.75, 3.05) is 46.9 Å². The van der Waals surface area contributed by atoms with E-state index in [-0.39, 0.29) is 17.7 Å². The molecule has 2 aliphatic rings. The maximum atomic E-state index is 14.0. The standard InChI is InChI=1S/C29H35F7N3O2/c1-18-13-23(30)5-6-25(18)26-17-24(39(4)9-11-41-12-10-39)7-8-38(26)27(40)37(3)19(2)20-14-21(28(31,32)33)16-22(15-20)29(34,35)36/h5-6,13-16,19,24,26H,7-12,17H2,1-4H3/q+1/t19-,24+,26-/m1/s1. The van der Waals surface area contributed by atoms with Gasteiger partial charge in [-0.2, -0.15) is 26.3 Å². The Labute approximate surface area is 235 Å². The van der Waals surface area contributed by atoms with E-state index < -0.39 is 47.4 Å². The number of benzene rings is 2. The van der Waals surface area contributed by atoms with Gasteiger partial charge in [-0.3, -0.25) is 0 Å². The van der Waals surface area contributed by atoms with E-state index >= 15 is 0 Å². The first kappa shape index (κ1) is 31.1. The number of nitrogens with zero attached hydrogens (tertiary/aromatic N) is 3. The molecule has 2 aromatic rings. The Hall–Kier alpha value is -2.86. The molecule has 0 aliphatic carbocycles. The topological polar surface area (TPSA) is 32.8 Å². The van der Waals surface area contributed by atoms with Crippen LogP contribution in [0.5, 0.6) is 0 Å². The second-order valence-electron chi connectivity index (χ2n) is 11.3. The van der Waals surface area contributed by atoms with Crippen molar-refractivity contribution in [3.05, 3.63) is 70.0 Å². The fourth-order valence-corrected chi connectivity index (χ4v) is 5.99. The molecule has 0 N–H and O–H groups in total. The van der Waals surface area contributed by atoms with E-state index in [1.807, 2.05) is 0 Å². The van der Waals surface area contributed by atoms with Crippen LogP contribution in [0.2, 0.25) is 0 Å². The van der Waals surface area contributed by atoms with Crippen LogP contribution >= 0.6 is 0 Å². The minimum Gasteiger partial charge on any atom is -0.370 e. The van der Waals surface area contributed by atoms with Gasteiger partial charge >= 0.3 is 18.4 Å². The Bertz CT molecular complexity index is 1230. The molecule has 4 rings (SSSR count). The molecule has 3 atom stereocenters. The molecule has 226 valence electrons. The summed E-state index contributed by atoms with van der Waals surface area (Å²) in [4.78, 5) is 16.7. The number of likely N-dealkylation sites (N-methyl/N-ethyl adjacent to an activating group) is 1. The van der Waals surface area contributed by atoms with Crippen molar-refractivity contribution in [3.8, 4) is 0 Å². The summed E-state index contributed by atoms with van der Waals surface area (Å²) in [6, 6.07) is 3.84. The lowest BCUT2D eigenvalue weighted by atomic mass is 9.87. The van der Waals surface area contributed by atoms with Gasteiger partial charge in [-0.1, -0.05) is 6.07 Å². The third-order valence-electron chi connectivity index (χ3n) is 8.76. The number of hydrogen-bond donors (Lipinski definition) is 0. The van der Waals surface area contributed by atoms with Crippen LogP contribution < -0.4 is 0 Å². The van der Waals surface area contributed by atoms with Crippen molar-refractivity contribution in [1.29, 1.82) is 0 Å². The van der Waals surface area contributed by atoms with Crippen LogP contribution in [0.25, 0.3) is 0 Å². The van der Waals surface area contributed by atoms with Crippen LogP contribution in [0.3, 0.4) is 0 Å². The van der Waals surface area contributed by atoms with Crippen LogP contribution in [0.15, 0.2) is 36.4 Å². The Morgan fingerprint density at radius 2 is 1.61 bits per heavy atom. The van der Waals surface area contributed by atoms with Crippen molar-refractivity contribution in [3.63, 3.8) is 0 Å². The maximum absolute atomic E-state index is 14.0. The van der Waals surface area contributed by atoms with Gasteiger partial charge in [-0.25, -0.2) is 9.18 Å². The highest BCUT2D eigenvalue weighted by Crippen LogP contribution is 2.41. The number of halogens is 7. The number of carbonyl (C=O) groups excluding carboxylic acids is 1. The first-order valence-electron chi connectivity index (χ1n) is 13.5. The number of carbonyl (C=O) groups is 1. The fraction of sp³-hybridized carbons (Fsp3) is 0.552. The third kappa shape index (κ3) is 6.63. The molecular formula is C29H35F7N3O2+. The number of alkyl halides is 6. The van der Waals surface area contributed by atoms with Gasteiger partial charge in [0.2, 0.25) is 0 Å². The summed E-state index contributed by atoms with van der Waals surface area (Å²) >= 11 is 0. The number of hydrogen-bond acceptors (Lipinski definition) is 2. The zero-order chi connectivity index (χ0) is 30.3. The Morgan fingerprint density at radius 1 is 1.02 bits per heavy atom. The van der Waals surface area contributed by atoms with Gasteiger partial charge in [0.1, 0.15) is 18.9 Å². The molecule has 41 heavy (non-hydrogen) atoms. The molecule has 5 nitrogen and oxygen atoms in total. The minimum atomic E-state index is -5.00. The molecule has 0 bridgehead atoms. The van der Waals surface area contributed by atoms with Crippen molar-refractivity contribution in [2.24, 2.45) is 0 Å². The molecule has 0 unspecified atom stereocenters. The predicted molar refractivity (Wildman–Crippen MR) is 138 cm³/mol. The first-order valence-corrected chi connectivity index (χ1v) is 13.5. The molecular weight excluding hydrogens is 555 g/mol. The van der Waals surface area contributed by atoms with Gasteiger partial charge in [0, 0.05) is 26.4 Å². The van der Waals surface area contributed by atoms with Gasteiger partial charge in [0.15, 0.2) is 0 Å². The second kappa shape index (κ2) is 11.4. The number of morpholine rings is 1. The van der Waals surface area contributed by atoms with E-state index in [1.165, 1.54) is 31.0 Å². The van der Waals surface area contributed by atoms with E-state index in [1.54, 1.807) is 17.9 Å². The smallest absolute Gasteiger partial charge is 0.370 e. The van der Waals surface area contributed by atoms with Gasteiger partial charge in [0.25, 0.3) is 0 Å². The summed E-state index contributed by atoms with van der Waals surface area (Å²) in [7, 11) is 3.52. The molecule has 0 saturated carbocycles. The van der Waals surface area contributed by atoms with Crippen LogP contribution in [-0.2, 0) is 17.1 Å². The quantitative estimate of drug-likeness (QED) is 0.285. The molecule has 0 spiro atoms. The number of urea groups is 1. The van der Waals surface area contributed by atoms with E-state index in [0.29, 0.717) is 50.3 Å². The molecule has 12 heteroatoms. The Kier molecular flexibility index (Phi) is 8.67. The second-order valence-corrected chi connectivity index (χ2v) is 11.3. The van der Waals surface area contributed by atoms with Crippen LogP contribution in [-0.4, -0.2) is 73.3 Å². The van der Waals surface area contributed by atoms with Crippen molar-refractivity contribution < 1.29 is 44.7 Å². The highest BCUT2D eigenvalue weighted by atomic mass is 19.4. The van der Waals surface area contributed by atoms with E-state index in [4.69, 9.17) is 4.74 Å². The highest BCUT2D eigenvalue weighted by Gasteiger charge is 2.44. The van der Waals surface area contributed by atoms with Gasteiger partial charge in [-0.15, -0.1) is 0 Å². The number of quaternary nitrogens is 1. The number of piperidine rings is 1. The molecule has 2 fully saturated rings. The monoisotopic (exact) mass is 590 g/mol.